The van der Waals surface area contributed by atoms with Crippen LogP contribution in [-0.4, -0.2) is 0 Å². The monoisotopic (exact) mass is 373 g/mol. The first-order chi connectivity index (χ1) is 13.6. The van der Waals surface area contributed by atoms with Crippen molar-refractivity contribution in [1.82, 2.24) is 0 Å². The molecule has 28 heavy (non-hydrogen) atoms. The van der Waals surface area contributed by atoms with Gasteiger partial charge in [-0.2, -0.15) is 5.26 Å². The molecule has 1 atom stereocenters. The van der Waals surface area contributed by atoms with E-state index in [1.54, 1.807) is 11.1 Å². The van der Waals surface area contributed by atoms with E-state index < -0.39 is 0 Å². The van der Waals surface area contributed by atoms with Crippen LogP contribution in [0.1, 0.15) is 94.7 Å². The van der Waals surface area contributed by atoms with Gasteiger partial charge in [0.2, 0.25) is 0 Å². The maximum Gasteiger partial charge on any atom is 0.0683 e. The summed E-state index contributed by atoms with van der Waals surface area (Å²) in [6.45, 7) is 6.39. The van der Waals surface area contributed by atoms with Crippen molar-refractivity contribution in [2.75, 3.05) is 0 Å². The Kier molecular flexibility index (Phi) is 6.95. The zero-order chi connectivity index (χ0) is 20.0. The zero-order valence-corrected chi connectivity index (χ0v) is 17.9. The maximum absolute atomic E-state index is 9.27. The highest BCUT2D eigenvalue weighted by molar-refractivity contribution is 5.80. The largest absolute Gasteiger partial charge is 0.198 e. The van der Waals surface area contributed by atoms with Gasteiger partial charge in [0.05, 0.1) is 11.5 Å². The second kappa shape index (κ2) is 9.42. The smallest absolute Gasteiger partial charge is 0.0683 e. The van der Waals surface area contributed by atoms with E-state index in [1.807, 2.05) is 0 Å². The number of nitrogens with zero attached hydrogens (tertiary/aromatic N) is 1. The fourth-order valence-corrected chi connectivity index (χ4v) is 4.69. The van der Waals surface area contributed by atoms with Crippen molar-refractivity contribution >= 4 is 0 Å². The van der Waals surface area contributed by atoms with Gasteiger partial charge in [-0.3, -0.25) is 0 Å². The first kappa shape index (κ1) is 20.7. The lowest BCUT2D eigenvalue weighted by Gasteiger charge is -2.19. The topological polar surface area (TPSA) is 23.8 Å². The lowest BCUT2D eigenvalue weighted by Crippen LogP contribution is -2.08. The van der Waals surface area contributed by atoms with E-state index in [0.29, 0.717) is 5.92 Å². The zero-order valence-electron chi connectivity index (χ0n) is 17.9. The van der Waals surface area contributed by atoms with Crippen LogP contribution in [-0.2, 0) is 6.42 Å². The van der Waals surface area contributed by atoms with Crippen LogP contribution in [0.3, 0.4) is 0 Å². The summed E-state index contributed by atoms with van der Waals surface area (Å²) in [4.78, 5) is 0. The number of fused-ring (bicyclic) bond motifs is 3. The molecular weight excluding hydrogens is 338 g/mol. The van der Waals surface area contributed by atoms with E-state index >= 15 is 0 Å². The fourth-order valence-electron chi connectivity index (χ4n) is 4.69. The van der Waals surface area contributed by atoms with Crippen LogP contribution >= 0.6 is 0 Å². The molecule has 2 aromatic carbocycles. The van der Waals surface area contributed by atoms with Gasteiger partial charge in [0.25, 0.3) is 0 Å². The Morgan fingerprint density at radius 3 is 2.46 bits per heavy atom. The highest BCUT2D eigenvalue weighted by Gasteiger charge is 2.30. The predicted octanol–water partition coefficient (Wildman–Crippen LogP) is 8.03. The number of benzene rings is 2. The van der Waals surface area contributed by atoms with Crippen molar-refractivity contribution in [3.8, 4) is 17.2 Å². The van der Waals surface area contributed by atoms with Gasteiger partial charge >= 0.3 is 0 Å². The normalized spacial score (nSPS) is 15.1. The summed E-state index contributed by atoms with van der Waals surface area (Å²) in [6, 6.07) is 18.4. The van der Waals surface area contributed by atoms with Crippen LogP contribution in [0, 0.1) is 16.7 Å². The second-order valence-corrected chi connectivity index (χ2v) is 9.07. The van der Waals surface area contributed by atoms with Crippen LogP contribution in [0.5, 0.6) is 0 Å². The predicted molar refractivity (Wildman–Crippen MR) is 119 cm³/mol. The molecule has 0 saturated carbocycles. The van der Waals surface area contributed by atoms with Crippen molar-refractivity contribution in [3.63, 3.8) is 0 Å². The molecule has 3 rings (SSSR count). The second-order valence-electron chi connectivity index (χ2n) is 9.07. The van der Waals surface area contributed by atoms with E-state index in [1.165, 1.54) is 61.6 Å². The Hall–Kier alpha value is -2.07. The quantitative estimate of drug-likeness (QED) is 0.387. The van der Waals surface area contributed by atoms with Crippen molar-refractivity contribution in [3.05, 3.63) is 59.2 Å². The minimum absolute atomic E-state index is 0.198. The molecule has 148 valence electrons. The van der Waals surface area contributed by atoms with E-state index in [0.717, 1.165) is 12.8 Å². The van der Waals surface area contributed by atoms with E-state index in [2.05, 4.69) is 69.3 Å². The van der Waals surface area contributed by atoms with Gasteiger partial charge in [0.15, 0.2) is 0 Å². The molecule has 0 N–H and O–H groups in total. The van der Waals surface area contributed by atoms with Crippen LogP contribution in [0.25, 0.3) is 11.1 Å². The summed E-state index contributed by atoms with van der Waals surface area (Å²) in [6.07, 6.45) is 11.0. The Labute approximate surface area is 171 Å². The molecule has 0 heterocycles. The lowest BCUT2D eigenvalue weighted by molar-refractivity contribution is 0.419. The summed E-state index contributed by atoms with van der Waals surface area (Å²) >= 11 is 0. The summed E-state index contributed by atoms with van der Waals surface area (Å²) in [5.41, 5.74) is 7.38. The number of hydrogen-bond acceptors (Lipinski definition) is 1. The first-order valence-electron chi connectivity index (χ1n) is 11.2. The third-order valence-corrected chi connectivity index (χ3v) is 6.32. The number of rotatable bonds is 10. The summed E-state index contributed by atoms with van der Waals surface area (Å²) in [5, 5.41) is 9.27. The molecule has 0 amide bonds. The molecule has 1 aliphatic carbocycles. The van der Waals surface area contributed by atoms with E-state index in [9.17, 15) is 5.26 Å². The molecule has 1 unspecified atom stereocenters. The first-order valence-corrected chi connectivity index (χ1v) is 11.2. The number of unbranched alkanes of at least 4 members (excludes halogenated alkanes) is 4. The number of nitriles is 1. The molecule has 2 aromatic rings. The molecule has 1 aliphatic rings. The van der Waals surface area contributed by atoms with Crippen molar-refractivity contribution < 1.29 is 0 Å². The lowest BCUT2D eigenvalue weighted by atomic mass is 9.84. The Bertz CT molecular complexity index is 824. The molecule has 0 fully saturated rings. The van der Waals surface area contributed by atoms with Crippen LogP contribution < -0.4 is 0 Å². The number of hydrogen-bond donors (Lipinski definition) is 0. The average molecular weight is 374 g/mol. The van der Waals surface area contributed by atoms with Crippen molar-refractivity contribution in [1.29, 1.82) is 5.26 Å². The third-order valence-electron chi connectivity index (χ3n) is 6.32. The average Bonchev–Trinajstić information content (AvgIpc) is 3.03. The fraction of sp³-hybridized carbons (Fsp3) is 0.519. The molecule has 0 bridgehead atoms. The van der Waals surface area contributed by atoms with Crippen LogP contribution in [0.4, 0.5) is 0 Å². The van der Waals surface area contributed by atoms with Gasteiger partial charge < -0.3 is 0 Å². The minimum atomic E-state index is -0.198. The van der Waals surface area contributed by atoms with Crippen LogP contribution in [0.15, 0.2) is 42.5 Å². The van der Waals surface area contributed by atoms with Crippen molar-refractivity contribution in [2.45, 2.75) is 84.5 Å². The SMILES string of the molecule is CCCCCCc1cccc2c1C(CCCCC(C)(C)C#N)c1ccccc1-2. The van der Waals surface area contributed by atoms with Crippen LogP contribution in [0.2, 0.25) is 0 Å². The summed E-state index contributed by atoms with van der Waals surface area (Å²) in [7, 11) is 0. The molecule has 1 nitrogen and oxygen atoms in total. The minimum Gasteiger partial charge on any atom is -0.198 e. The molecule has 0 aromatic heterocycles. The highest BCUT2D eigenvalue weighted by atomic mass is 14.3. The molecule has 0 spiro atoms. The van der Waals surface area contributed by atoms with Gasteiger partial charge in [-0.15, -0.1) is 0 Å². The Morgan fingerprint density at radius 1 is 0.893 bits per heavy atom. The standard InChI is InChI=1S/C27H35N/c1-4-5-6-7-13-21-14-12-18-25-23-16-9-8-15-22(23)24(26(21)25)17-10-11-19-27(2,3)20-28/h8-9,12,14-16,18,24H,4-7,10-11,13,17,19H2,1-3H3. The molecule has 0 saturated heterocycles. The van der Waals surface area contributed by atoms with Crippen molar-refractivity contribution in [2.24, 2.45) is 5.41 Å². The molecule has 1 heteroatoms. The van der Waals surface area contributed by atoms with E-state index in [-0.39, 0.29) is 5.41 Å². The summed E-state index contributed by atoms with van der Waals surface area (Å²) < 4.78 is 0. The van der Waals surface area contributed by atoms with Gasteiger partial charge in [-0.1, -0.05) is 81.5 Å². The molecule has 0 radical (unpaired) electrons. The van der Waals surface area contributed by atoms with Gasteiger partial charge in [0.1, 0.15) is 0 Å². The Balaban J connectivity index is 1.78. The summed E-state index contributed by atoms with van der Waals surface area (Å²) in [5.74, 6) is 0.527. The van der Waals surface area contributed by atoms with E-state index in [4.69, 9.17) is 0 Å². The van der Waals surface area contributed by atoms with Gasteiger partial charge in [0, 0.05) is 5.92 Å². The molecular formula is C27H35N. The highest BCUT2D eigenvalue weighted by Crippen LogP contribution is 2.48. The van der Waals surface area contributed by atoms with Gasteiger partial charge in [-0.05, 0) is 67.3 Å². The maximum atomic E-state index is 9.27. The Morgan fingerprint density at radius 2 is 1.68 bits per heavy atom. The molecule has 0 aliphatic heterocycles. The third kappa shape index (κ3) is 4.67. The van der Waals surface area contributed by atoms with Gasteiger partial charge in [-0.25, -0.2) is 0 Å². The number of aryl methyl sites for hydroxylation is 1.